The third-order valence-electron chi connectivity index (χ3n) is 6.87. The van der Waals surface area contributed by atoms with Gasteiger partial charge >= 0.3 is 0 Å². The van der Waals surface area contributed by atoms with Gasteiger partial charge in [-0.1, -0.05) is 30.2 Å². The predicted molar refractivity (Wildman–Crippen MR) is 143 cm³/mol. The summed E-state index contributed by atoms with van der Waals surface area (Å²) in [7, 11) is 0. The van der Waals surface area contributed by atoms with Gasteiger partial charge in [-0.25, -0.2) is 4.98 Å². The lowest BCUT2D eigenvalue weighted by molar-refractivity contribution is -0.117. The Labute approximate surface area is 218 Å². The first kappa shape index (κ1) is 23.3. The fourth-order valence-corrected chi connectivity index (χ4v) is 6.15. The number of nitrogens with one attached hydrogen (secondary N) is 2. The molecule has 1 saturated heterocycles. The summed E-state index contributed by atoms with van der Waals surface area (Å²) in [5.41, 5.74) is 3.41. The first-order valence-electron chi connectivity index (χ1n) is 12.4. The fourth-order valence-electron chi connectivity index (χ4n) is 4.89. The average molecular weight is 519 g/mol. The first-order chi connectivity index (χ1) is 17.7. The molecule has 1 aromatic carbocycles. The van der Waals surface area contributed by atoms with Crippen LogP contribution < -0.4 is 5.32 Å². The molecule has 1 aliphatic carbocycles. The van der Waals surface area contributed by atoms with Crippen molar-refractivity contribution in [1.29, 1.82) is 0 Å². The molecule has 1 unspecified atom stereocenters. The molecule has 1 amide bonds. The number of amides is 1. The number of nitrogens with zero attached hydrogens (tertiary/aromatic N) is 4. The second-order valence-corrected chi connectivity index (χ2v) is 11.0. The second kappa shape index (κ2) is 10.1. The van der Waals surface area contributed by atoms with Gasteiger partial charge in [0, 0.05) is 22.0 Å². The third-order valence-corrected chi connectivity index (χ3v) is 8.33. The lowest BCUT2D eigenvalue weighted by atomic mass is 9.94. The Morgan fingerprint density at radius 3 is 2.64 bits per heavy atom. The van der Waals surface area contributed by atoms with Crippen molar-refractivity contribution in [1.82, 2.24) is 25.1 Å². The molecular weight excluding hydrogens is 492 g/mol. The molecule has 0 radical (unpaired) electrons. The zero-order chi connectivity index (χ0) is 24.5. The lowest BCUT2D eigenvalue weighted by Gasteiger charge is -2.35. The maximum absolute atomic E-state index is 12.3. The van der Waals surface area contributed by atoms with Crippen molar-refractivity contribution in [3.63, 3.8) is 0 Å². The maximum Gasteiger partial charge on any atom is 0.228 e. The number of anilines is 1. The Bertz CT molecular complexity index is 1340. The third kappa shape index (κ3) is 4.93. The van der Waals surface area contributed by atoms with Gasteiger partial charge in [-0.15, -0.1) is 21.5 Å². The molecule has 1 atom stereocenters. The maximum atomic E-state index is 12.3. The minimum Gasteiger partial charge on any atom is -0.327 e. The number of hydrogen-bond donors (Lipinski definition) is 2. The van der Waals surface area contributed by atoms with Crippen LogP contribution in [0.4, 0.5) is 5.82 Å². The largest absolute Gasteiger partial charge is 0.327 e. The van der Waals surface area contributed by atoms with Gasteiger partial charge in [0.15, 0.2) is 5.82 Å². The minimum atomic E-state index is 0.0572. The van der Waals surface area contributed by atoms with E-state index in [-0.39, 0.29) is 17.9 Å². The van der Waals surface area contributed by atoms with Crippen molar-refractivity contribution in [2.45, 2.75) is 38.1 Å². The van der Waals surface area contributed by atoms with Crippen LogP contribution in [0.5, 0.6) is 0 Å². The summed E-state index contributed by atoms with van der Waals surface area (Å²) in [6.45, 7) is 2.09. The number of thiophene rings is 1. The van der Waals surface area contributed by atoms with Crippen molar-refractivity contribution < 1.29 is 4.79 Å². The number of likely N-dealkylation sites (tertiary alicyclic amines) is 1. The number of aromatic amines is 1. The van der Waals surface area contributed by atoms with Gasteiger partial charge in [0.05, 0.1) is 10.9 Å². The standard InChI is InChI=1S/C27H27ClN6OS/c28-20-8-6-17(7-9-20)24(34-12-2-1-3-13-34)21-15-22(36-25(21)26-30-16-31-33-26)19-10-11-29-23(14-19)32-27(35)18-4-5-18/h6-11,14-16,18,24H,1-5,12-13H2,(H,29,32,35)(H,30,31,33). The smallest absolute Gasteiger partial charge is 0.228 e. The van der Waals surface area contributed by atoms with E-state index in [1.165, 1.54) is 30.4 Å². The molecule has 2 fully saturated rings. The van der Waals surface area contributed by atoms with Gasteiger partial charge in [0.2, 0.25) is 5.91 Å². The first-order valence-corrected chi connectivity index (χ1v) is 13.6. The van der Waals surface area contributed by atoms with Crippen LogP contribution in [-0.4, -0.2) is 44.1 Å². The van der Waals surface area contributed by atoms with E-state index in [9.17, 15) is 4.79 Å². The zero-order valence-corrected chi connectivity index (χ0v) is 21.4. The van der Waals surface area contributed by atoms with Crippen LogP contribution in [0.2, 0.25) is 5.02 Å². The molecule has 7 nitrogen and oxygen atoms in total. The van der Waals surface area contributed by atoms with E-state index in [0.717, 1.165) is 52.1 Å². The van der Waals surface area contributed by atoms with Crippen molar-refractivity contribution >= 4 is 34.7 Å². The van der Waals surface area contributed by atoms with Crippen molar-refractivity contribution in [2.75, 3.05) is 18.4 Å². The zero-order valence-electron chi connectivity index (χ0n) is 19.8. The average Bonchev–Trinajstić information content (AvgIpc) is 3.45. The minimum absolute atomic E-state index is 0.0572. The Kier molecular flexibility index (Phi) is 6.56. The van der Waals surface area contributed by atoms with Crippen molar-refractivity contribution in [2.24, 2.45) is 5.92 Å². The van der Waals surface area contributed by atoms with Gasteiger partial charge in [-0.05, 0) is 85.8 Å². The summed E-state index contributed by atoms with van der Waals surface area (Å²) in [6.07, 6.45) is 8.94. The van der Waals surface area contributed by atoms with Crippen LogP contribution in [0.3, 0.4) is 0 Å². The fraction of sp³-hybridized carbons (Fsp3) is 0.333. The van der Waals surface area contributed by atoms with E-state index < -0.39 is 0 Å². The highest BCUT2D eigenvalue weighted by Gasteiger charge is 2.31. The summed E-state index contributed by atoms with van der Waals surface area (Å²) in [5, 5.41) is 12.1. The number of halogens is 1. The highest BCUT2D eigenvalue weighted by molar-refractivity contribution is 7.19. The quantitative estimate of drug-likeness (QED) is 0.305. The van der Waals surface area contributed by atoms with Crippen LogP contribution >= 0.6 is 22.9 Å². The molecule has 2 aliphatic rings. The van der Waals surface area contributed by atoms with Crippen LogP contribution in [0.25, 0.3) is 21.1 Å². The molecule has 184 valence electrons. The Morgan fingerprint density at radius 1 is 1.11 bits per heavy atom. The molecule has 0 spiro atoms. The molecule has 0 bridgehead atoms. The Balaban J connectivity index is 1.43. The SMILES string of the molecule is O=C(Nc1cc(-c2cc(C(c3ccc(Cl)cc3)N3CCCCC3)c(-c3nnc[nH]3)s2)ccn1)C1CC1. The summed E-state index contributed by atoms with van der Waals surface area (Å²) >= 11 is 7.93. The molecule has 1 aliphatic heterocycles. The topological polar surface area (TPSA) is 86.8 Å². The summed E-state index contributed by atoms with van der Waals surface area (Å²) in [4.78, 5) is 24.6. The molecule has 9 heteroatoms. The van der Waals surface area contributed by atoms with Crippen LogP contribution in [0, 0.1) is 5.92 Å². The van der Waals surface area contributed by atoms with Crippen molar-refractivity contribution in [3.8, 4) is 21.1 Å². The Hall–Kier alpha value is -3.07. The number of benzene rings is 1. The number of carbonyl (C=O) groups is 1. The highest BCUT2D eigenvalue weighted by Crippen LogP contribution is 2.44. The number of carbonyl (C=O) groups excluding carboxylic acids is 1. The monoisotopic (exact) mass is 518 g/mol. The molecule has 1 saturated carbocycles. The van der Waals surface area contributed by atoms with Gasteiger partial charge in [-0.2, -0.15) is 0 Å². The predicted octanol–water partition coefficient (Wildman–Crippen LogP) is 6.17. The molecule has 2 N–H and O–H groups in total. The normalized spacial score (nSPS) is 17.1. The van der Waals surface area contributed by atoms with Gasteiger partial charge < -0.3 is 10.3 Å². The van der Waals surface area contributed by atoms with Crippen molar-refractivity contribution in [3.05, 3.63) is 71.1 Å². The number of hydrogen-bond acceptors (Lipinski definition) is 6. The van der Waals surface area contributed by atoms with E-state index in [4.69, 9.17) is 11.6 Å². The number of pyridine rings is 1. The van der Waals surface area contributed by atoms with E-state index in [1.54, 1.807) is 23.9 Å². The molecule has 36 heavy (non-hydrogen) atoms. The van der Waals surface area contributed by atoms with Crippen LogP contribution in [-0.2, 0) is 4.79 Å². The number of H-pyrrole nitrogens is 1. The van der Waals surface area contributed by atoms with Crippen LogP contribution in [0.15, 0.2) is 55.0 Å². The summed E-state index contributed by atoms with van der Waals surface area (Å²) in [6, 6.07) is 14.5. The number of rotatable bonds is 7. The van der Waals surface area contributed by atoms with Gasteiger partial charge in [-0.3, -0.25) is 9.69 Å². The molecular formula is C27H27ClN6OS. The number of piperidine rings is 1. The van der Waals surface area contributed by atoms with Crippen LogP contribution in [0.1, 0.15) is 49.3 Å². The lowest BCUT2D eigenvalue weighted by Crippen LogP contribution is -2.34. The molecule has 3 aromatic heterocycles. The summed E-state index contributed by atoms with van der Waals surface area (Å²) in [5.74, 6) is 1.53. The van der Waals surface area contributed by atoms with E-state index in [0.29, 0.717) is 5.82 Å². The summed E-state index contributed by atoms with van der Waals surface area (Å²) < 4.78 is 0. The van der Waals surface area contributed by atoms with Gasteiger partial charge in [0.25, 0.3) is 0 Å². The van der Waals surface area contributed by atoms with Gasteiger partial charge in [0.1, 0.15) is 12.1 Å². The number of aromatic nitrogens is 4. The van der Waals surface area contributed by atoms with E-state index in [1.807, 2.05) is 24.3 Å². The van der Waals surface area contributed by atoms with E-state index >= 15 is 0 Å². The Morgan fingerprint density at radius 2 is 1.92 bits per heavy atom. The molecule has 4 heterocycles. The molecule has 6 rings (SSSR count). The highest BCUT2D eigenvalue weighted by atomic mass is 35.5. The van der Waals surface area contributed by atoms with E-state index in [2.05, 4.69) is 48.6 Å². The molecule has 4 aromatic rings. The second-order valence-electron chi connectivity index (χ2n) is 9.48.